The molecule has 0 bridgehead atoms. The van der Waals surface area contributed by atoms with Crippen LogP contribution in [0.5, 0.6) is 0 Å². The van der Waals surface area contributed by atoms with Crippen molar-refractivity contribution in [3.8, 4) is 0 Å². The van der Waals surface area contributed by atoms with Gasteiger partial charge in [-0.05, 0) is 12.8 Å². The van der Waals surface area contributed by atoms with Crippen molar-refractivity contribution in [2.75, 3.05) is 38.2 Å². The molecule has 19 heavy (non-hydrogen) atoms. The molecule has 2 amide bonds. The van der Waals surface area contributed by atoms with Crippen molar-refractivity contribution in [2.45, 2.75) is 12.8 Å². The van der Waals surface area contributed by atoms with Crippen LogP contribution < -0.4 is 16.9 Å². The first-order valence-electron chi connectivity index (χ1n) is 5.91. The molecule has 2 rings (SSSR count). The molecule has 2 aliphatic rings. The van der Waals surface area contributed by atoms with E-state index in [0.29, 0.717) is 6.61 Å². The predicted octanol–water partition coefficient (Wildman–Crippen LogP) is -1.11. The topological polar surface area (TPSA) is 120 Å². The Balaban J connectivity index is 0.000000278. The van der Waals surface area contributed by atoms with E-state index in [4.69, 9.17) is 15.4 Å². The summed E-state index contributed by atoms with van der Waals surface area (Å²) in [5.41, 5.74) is 12.2. The maximum absolute atomic E-state index is 10.3. The average Bonchev–Trinajstić information content (AvgIpc) is 3.03. The van der Waals surface area contributed by atoms with Crippen LogP contribution in [0.4, 0.5) is 0 Å². The van der Waals surface area contributed by atoms with E-state index in [1.54, 1.807) is 5.06 Å². The molecule has 0 aromatic heterocycles. The molecule has 0 aromatic rings. The third kappa shape index (κ3) is 13.5. The summed E-state index contributed by atoms with van der Waals surface area (Å²) in [4.78, 5) is 29.5. The van der Waals surface area contributed by atoms with Crippen molar-refractivity contribution < 1.29 is 19.3 Å². The summed E-state index contributed by atoms with van der Waals surface area (Å²) < 4.78 is 0. The minimum Gasteiger partial charge on any atom is -0.369 e. The summed E-state index contributed by atoms with van der Waals surface area (Å²) in [6.45, 7) is 3.68. The van der Waals surface area contributed by atoms with Gasteiger partial charge in [-0.2, -0.15) is 5.06 Å². The highest BCUT2D eigenvalue weighted by molar-refractivity contribution is 9.09. The quantitative estimate of drug-likeness (QED) is 0.560. The minimum atomic E-state index is -0.336. The van der Waals surface area contributed by atoms with Crippen molar-refractivity contribution in [3.05, 3.63) is 0 Å². The molecule has 8 nitrogen and oxygen atoms in total. The number of primary amides is 2. The molecule has 0 unspecified atom stereocenters. The fraction of sp³-hybridized carbons (Fsp3) is 0.800. The van der Waals surface area contributed by atoms with E-state index in [2.05, 4.69) is 27.1 Å². The van der Waals surface area contributed by atoms with Gasteiger partial charge in [-0.1, -0.05) is 15.9 Å². The van der Waals surface area contributed by atoms with Crippen LogP contribution in [0.15, 0.2) is 0 Å². The van der Waals surface area contributed by atoms with Gasteiger partial charge < -0.3 is 16.3 Å². The second kappa shape index (κ2) is 12.3. The molecule has 0 atom stereocenters. The highest BCUT2D eigenvalue weighted by atomic mass is 79.9. The van der Waals surface area contributed by atoms with E-state index in [1.165, 1.54) is 6.42 Å². The van der Waals surface area contributed by atoms with Crippen LogP contribution in [-0.4, -0.2) is 55.1 Å². The number of carbonyl (C=O) groups excluding carboxylic acids is 2. The molecule has 2 fully saturated rings. The lowest BCUT2D eigenvalue weighted by Gasteiger charge is -2.09. The largest absolute Gasteiger partial charge is 0.369 e. The number of hydroxylamine groups is 3. The van der Waals surface area contributed by atoms with Gasteiger partial charge >= 0.3 is 0 Å². The smallest absolute Gasteiger partial charge is 0.234 e. The number of hydrogen-bond donors (Lipinski definition) is 3. The Kier molecular flexibility index (Phi) is 11.8. The number of nitrogens with two attached hydrogens (primary N) is 2. The van der Waals surface area contributed by atoms with Crippen LogP contribution in [0.25, 0.3) is 0 Å². The summed E-state index contributed by atoms with van der Waals surface area (Å²) >= 11 is 2.84. The molecule has 2 heterocycles. The molecular formula is C10H21BrN4O4. The highest BCUT2D eigenvalue weighted by Crippen LogP contribution is 2.01. The Labute approximate surface area is 120 Å². The number of amides is 2. The molecule has 2 aliphatic heterocycles. The van der Waals surface area contributed by atoms with Gasteiger partial charge in [0.1, 0.15) is 6.54 Å². The van der Waals surface area contributed by atoms with E-state index >= 15 is 0 Å². The van der Waals surface area contributed by atoms with Crippen LogP contribution in [0, 0.1) is 0 Å². The van der Waals surface area contributed by atoms with Crippen molar-refractivity contribution in [1.29, 1.82) is 0 Å². The van der Waals surface area contributed by atoms with Crippen molar-refractivity contribution in [2.24, 2.45) is 11.5 Å². The monoisotopic (exact) mass is 340 g/mol. The lowest BCUT2D eigenvalue weighted by Crippen LogP contribution is -2.30. The van der Waals surface area contributed by atoms with Crippen LogP contribution >= 0.6 is 15.9 Å². The number of halogens is 1. The van der Waals surface area contributed by atoms with Gasteiger partial charge in [0.25, 0.3) is 0 Å². The highest BCUT2D eigenvalue weighted by Gasteiger charge is 2.13. The maximum atomic E-state index is 10.3. The molecule has 0 radical (unpaired) electrons. The molecule has 112 valence electrons. The van der Waals surface area contributed by atoms with Gasteiger partial charge in [-0.25, -0.2) is 5.48 Å². The number of nitrogens with zero attached hydrogens (tertiary/aromatic N) is 1. The molecule has 0 saturated carbocycles. The van der Waals surface area contributed by atoms with Crippen LogP contribution in [0.3, 0.4) is 0 Å². The molecule has 5 N–H and O–H groups in total. The first-order chi connectivity index (χ1) is 9.06. The Bertz CT molecular complexity index is 250. The summed E-state index contributed by atoms with van der Waals surface area (Å²) in [5, 5.41) is 1.84. The van der Waals surface area contributed by atoms with Gasteiger partial charge in [-0.15, -0.1) is 0 Å². The number of nitrogens with one attached hydrogen (secondary N) is 1. The minimum absolute atomic E-state index is 0.222. The number of alkyl halides is 1. The zero-order valence-corrected chi connectivity index (χ0v) is 12.4. The second-order valence-corrected chi connectivity index (χ2v) is 4.27. The average molecular weight is 341 g/mol. The molecular weight excluding hydrogens is 320 g/mol. The van der Waals surface area contributed by atoms with Gasteiger partial charge in [0.15, 0.2) is 0 Å². The fourth-order valence-corrected chi connectivity index (χ4v) is 1.16. The Morgan fingerprint density at radius 3 is 2.16 bits per heavy atom. The SMILES string of the molecule is C1CNOC1.NC(=O)CBr.NC(=O)CN1CCCO1. The summed E-state index contributed by atoms with van der Waals surface area (Å²) in [6, 6.07) is 0. The van der Waals surface area contributed by atoms with Gasteiger partial charge in [0.2, 0.25) is 11.8 Å². The van der Waals surface area contributed by atoms with Crippen LogP contribution in [0.1, 0.15) is 12.8 Å². The molecule has 0 spiro atoms. The summed E-state index contributed by atoms with van der Waals surface area (Å²) in [5.74, 6) is -0.665. The number of hydrogen-bond acceptors (Lipinski definition) is 6. The molecule has 9 heteroatoms. The van der Waals surface area contributed by atoms with Gasteiger partial charge in [-0.3, -0.25) is 14.4 Å². The first-order valence-corrected chi connectivity index (χ1v) is 7.03. The third-order valence-electron chi connectivity index (χ3n) is 1.92. The van der Waals surface area contributed by atoms with Crippen molar-refractivity contribution in [3.63, 3.8) is 0 Å². The lowest BCUT2D eigenvalue weighted by atomic mass is 10.5. The van der Waals surface area contributed by atoms with Crippen LogP contribution in [0.2, 0.25) is 0 Å². The normalized spacial score (nSPS) is 17.9. The first kappa shape index (κ1) is 18.3. The fourth-order valence-electron chi connectivity index (χ4n) is 1.16. The van der Waals surface area contributed by atoms with E-state index in [0.717, 1.165) is 26.1 Å². The van der Waals surface area contributed by atoms with E-state index in [1.807, 2.05) is 0 Å². The zero-order chi connectivity index (χ0) is 14.5. The van der Waals surface area contributed by atoms with E-state index in [-0.39, 0.29) is 23.7 Å². The zero-order valence-electron chi connectivity index (χ0n) is 10.8. The molecule has 2 saturated heterocycles. The summed E-state index contributed by atoms with van der Waals surface area (Å²) in [7, 11) is 0. The third-order valence-corrected chi connectivity index (χ3v) is 2.47. The number of carbonyl (C=O) groups is 2. The standard InChI is InChI=1S/C5H10N2O2.C3H7NO.C2H4BrNO/c6-5(8)4-7-2-1-3-9-7;1-2-4-5-3-1;3-1-2(4)5/h1-4H2,(H2,6,8);4H,1-3H2;1H2,(H2,4,5). The van der Waals surface area contributed by atoms with Crippen molar-refractivity contribution in [1.82, 2.24) is 10.5 Å². The Morgan fingerprint density at radius 1 is 1.21 bits per heavy atom. The van der Waals surface area contributed by atoms with E-state index < -0.39 is 0 Å². The van der Waals surface area contributed by atoms with E-state index in [9.17, 15) is 9.59 Å². The summed E-state index contributed by atoms with van der Waals surface area (Å²) in [6.07, 6.45) is 2.16. The van der Waals surface area contributed by atoms with Crippen molar-refractivity contribution >= 4 is 27.7 Å². The second-order valence-electron chi connectivity index (χ2n) is 3.71. The molecule has 0 aliphatic carbocycles. The lowest BCUT2D eigenvalue weighted by molar-refractivity contribution is -0.139. The Morgan fingerprint density at radius 2 is 1.89 bits per heavy atom. The molecule has 0 aromatic carbocycles. The van der Waals surface area contributed by atoms with Gasteiger partial charge in [0.05, 0.1) is 18.5 Å². The van der Waals surface area contributed by atoms with Gasteiger partial charge in [0, 0.05) is 13.1 Å². The van der Waals surface area contributed by atoms with Crippen LogP contribution in [-0.2, 0) is 19.3 Å². The predicted molar refractivity (Wildman–Crippen MR) is 72.9 cm³/mol. The Hall–Kier alpha value is -0.740. The maximum Gasteiger partial charge on any atom is 0.234 e. The number of rotatable bonds is 3.